The number of fused-ring (bicyclic) bond motifs is 1. The Morgan fingerprint density at radius 3 is 2.91 bits per heavy atom. The summed E-state index contributed by atoms with van der Waals surface area (Å²) >= 11 is 6.08. The van der Waals surface area contributed by atoms with Gasteiger partial charge in [0.15, 0.2) is 5.69 Å². The van der Waals surface area contributed by atoms with Gasteiger partial charge < -0.3 is 9.15 Å². The van der Waals surface area contributed by atoms with Crippen molar-refractivity contribution < 1.29 is 18.9 Å². The number of aromatic nitrogens is 4. The van der Waals surface area contributed by atoms with Gasteiger partial charge in [0.05, 0.1) is 22.1 Å². The highest BCUT2D eigenvalue weighted by molar-refractivity contribution is 6.33. The van der Waals surface area contributed by atoms with Gasteiger partial charge in [0.1, 0.15) is 17.8 Å². The molecule has 0 atom stereocenters. The SMILES string of the molecule is CCOC(=O)c1cc(-c2ccc(/C=C/c3nc4nc[nH]n4c(=O)c3[N+](=O)[O-])o2)ccc1Cl. The number of benzene rings is 1. The monoisotopic (exact) mass is 455 g/mol. The van der Waals surface area contributed by atoms with E-state index in [-0.39, 0.29) is 28.7 Å². The normalized spacial score (nSPS) is 11.3. The minimum Gasteiger partial charge on any atom is -0.462 e. The van der Waals surface area contributed by atoms with Crippen LogP contribution in [-0.4, -0.2) is 37.1 Å². The van der Waals surface area contributed by atoms with Crippen LogP contribution in [0.1, 0.15) is 28.7 Å². The van der Waals surface area contributed by atoms with Crippen LogP contribution in [0.15, 0.2) is 45.9 Å². The maximum atomic E-state index is 12.3. The van der Waals surface area contributed by atoms with Gasteiger partial charge in [0, 0.05) is 5.56 Å². The second kappa shape index (κ2) is 8.47. The van der Waals surface area contributed by atoms with Gasteiger partial charge in [-0.3, -0.25) is 20.0 Å². The number of nitrogens with one attached hydrogen (secondary N) is 1. The van der Waals surface area contributed by atoms with Crippen LogP contribution in [0.2, 0.25) is 5.02 Å². The molecule has 1 N–H and O–H groups in total. The summed E-state index contributed by atoms with van der Waals surface area (Å²) in [4.78, 5) is 42.8. The number of rotatable bonds is 6. The van der Waals surface area contributed by atoms with Gasteiger partial charge >= 0.3 is 17.2 Å². The molecule has 3 heterocycles. The van der Waals surface area contributed by atoms with Crippen LogP contribution in [0.3, 0.4) is 0 Å². The minimum absolute atomic E-state index is 0.00644. The first-order chi connectivity index (χ1) is 15.4. The molecule has 4 aromatic rings. The van der Waals surface area contributed by atoms with Crippen molar-refractivity contribution in [3.63, 3.8) is 0 Å². The first-order valence-electron chi connectivity index (χ1n) is 9.24. The van der Waals surface area contributed by atoms with Crippen LogP contribution in [0.5, 0.6) is 0 Å². The predicted octanol–water partition coefficient (Wildman–Crippen LogP) is 3.59. The van der Waals surface area contributed by atoms with Gasteiger partial charge in [0.25, 0.3) is 5.78 Å². The van der Waals surface area contributed by atoms with Crippen molar-refractivity contribution in [2.75, 3.05) is 6.61 Å². The molecule has 11 nitrogen and oxygen atoms in total. The number of hydrogen-bond acceptors (Lipinski definition) is 8. The largest absolute Gasteiger partial charge is 0.462 e. The zero-order valence-corrected chi connectivity index (χ0v) is 17.2. The molecule has 0 amide bonds. The van der Waals surface area contributed by atoms with Gasteiger partial charge in [-0.25, -0.2) is 14.8 Å². The number of esters is 1. The van der Waals surface area contributed by atoms with E-state index in [2.05, 4.69) is 15.1 Å². The van der Waals surface area contributed by atoms with Gasteiger partial charge in [-0.1, -0.05) is 11.6 Å². The average Bonchev–Trinajstić information content (AvgIpc) is 3.42. The number of carbonyl (C=O) groups is 1. The third-order valence-corrected chi connectivity index (χ3v) is 4.73. The number of carbonyl (C=O) groups excluding carboxylic acids is 1. The second-order valence-corrected chi connectivity index (χ2v) is 6.79. The quantitative estimate of drug-likeness (QED) is 0.263. The molecule has 3 aromatic heterocycles. The number of hydrogen-bond donors (Lipinski definition) is 1. The highest BCUT2D eigenvalue weighted by atomic mass is 35.5. The molecule has 32 heavy (non-hydrogen) atoms. The lowest BCUT2D eigenvalue weighted by Crippen LogP contribution is -2.20. The van der Waals surface area contributed by atoms with Gasteiger partial charge in [-0.15, -0.1) is 0 Å². The molecule has 12 heteroatoms. The second-order valence-electron chi connectivity index (χ2n) is 6.38. The zero-order chi connectivity index (χ0) is 22.8. The molecule has 0 spiro atoms. The Morgan fingerprint density at radius 2 is 2.16 bits per heavy atom. The van der Waals surface area contributed by atoms with Crippen molar-refractivity contribution >= 4 is 41.2 Å². The van der Waals surface area contributed by atoms with Crippen molar-refractivity contribution in [1.29, 1.82) is 0 Å². The van der Waals surface area contributed by atoms with Crippen molar-refractivity contribution in [3.05, 3.63) is 79.2 Å². The number of aromatic amines is 1. The molecule has 1 aromatic carbocycles. The Bertz CT molecular complexity index is 1430. The topological polar surface area (TPSA) is 146 Å². The van der Waals surface area contributed by atoms with Crippen LogP contribution < -0.4 is 5.56 Å². The molecule has 0 saturated heterocycles. The highest BCUT2D eigenvalue weighted by Crippen LogP contribution is 2.28. The molecule has 0 saturated carbocycles. The summed E-state index contributed by atoms with van der Waals surface area (Å²) in [5, 5.41) is 14.1. The van der Waals surface area contributed by atoms with Crippen LogP contribution in [0.4, 0.5) is 5.69 Å². The smallest absolute Gasteiger partial charge is 0.361 e. The summed E-state index contributed by atoms with van der Waals surface area (Å²) in [5.74, 6) is 0.209. The maximum Gasteiger partial charge on any atom is 0.361 e. The standard InChI is InChI=1S/C20H14ClN5O6/c1-2-31-19(28)13-9-11(3-6-14(13)21)16-8-5-12(32-16)4-7-15-17(26(29)30)18(27)25-20(24-15)22-10-23-25/h3-10H,2H2,1H3,(H,22,23,24)/b7-4+. The fourth-order valence-corrected chi connectivity index (χ4v) is 3.15. The summed E-state index contributed by atoms with van der Waals surface area (Å²) < 4.78 is 11.6. The van der Waals surface area contributed by atoms with Crippen LogP contribution >= 0.6 is 11.6 Å². The van der Waals surface area contributed by atoms with Gasteiger partial charge in [-0.05, 0) is 49.4 Å². The third kappa shape index (κ3) is 3.88. The Labute approximate surface area is 184 Å². The number of furan rings is 1. The fourth-order valence-electron chi connectivity index (χ4n) is 2.95. The fraction of sp³-hybridized carbons (Fsp3) is 0.100. The number of nitro groups is 1. The number of halogens is 1. The molecule has 0 unspecified atom stereocenters. The molecular formula is C20H14ClN5O6. The van der Waals surface area contributed by atoms with Crippen molar-refractivity contribution in [1.82, 2.24) is 19.6 Å². The van der Waals surface area contributed by atoms with E-state index in [1.165, 1.54) is 18.5 Å². The van der Waals surface area contributed by atoms with E-state index in [1.54, 1.807) is 37.3 Å². The Kier molecular flexibility index (Phi) is 5.56. The van der Waals surface area contributed by atoms with Crippen molar-refractivity contribution in [2.45, 2.75) is 6.92 Å². The average molecular weight is 456 g/mol. The summed E-state index contributed by atoms with van der Waals surface area (Å²) in [5.41, 5.74) is -0.970. The Balaban J connectivity index is 1.67. The van der Waals surface area contributed by atoms with Gasteiger partial charge in [0.2, 0.25) is 0 Å². The van der Waals surface area contributed by atoms with Crippen LogP contribution in [-0.2, 0) is 4.74 Å². The molecule has 0 bridgehead atoms. The summed E-state index contributed by atoms with van der Waals surface area (Å²) in [6.07, 6.45) is 3.93. The minimum atomic E-state index is -0.884. The molecular weight excluding hydrogens is 442 g/mol. The van der Waals surface area contributed by atoms with E-state index < -0.39 is 22.1 Å². The lowest BCUT2D eigenvalue weighted by atomic mass is 10.1. The van der Waals surface area contributed by atoms with E-state index in [0.29, 0.717) is 17.1 Å². The molecule has 0 fully saturated rings. The third-order valence-electron chi connectivity index (χ3n) is 4.40. The molecule has 0 aliphatic rings. The number of H-pyrrole nitrogens is 1. The van der Waals surface area contributed by atoms with Crippen molar-refractivity contribution in [2.24, 2.45) is 0 Å². The number of nitrogens with zero attached hydrogens (tertiary/aromatic N) is 4. The lowest BCUT2D eigenvalue weighted by Gasteiger charge is -2.05. The van der Waals surface area contributed by atoms with E-state index >= 15 is 0 Å². The van der Waals surface area contributed by atoms with E-state index in [4.69, 9.17) is 20.8 Å². The summed E-state index contributed by atoms with van der Waals surface area (Å²) in [6, 6.07) is 8.06. The highest BCUT2D eigenvalue weighted by Gasteiger charge is 2.23. The number of ether oxygens (including phenoxy) is 1. The Morgan fingerprint density at radius 1 is 1.34 bits per heavy atom. The van der Waals surface area contributed by atoms with E-state index in [0.717, 1.165) is 4.52 Å². The molecule has 0 aliphatic heterocycles. The maximum absolute atomic E-state index is 12.3. The summed E-state index contributed by atoms with van der Waals surface area (Å²) in [7, 11) is 0. The first kappa shape index (κ1) is 21.0. The van der Waals surface area contributed by atoms with E-state index in [9.17, 15) is 19.7 Å². The summed E-state index contributed by atoms with van der Waals surface area (Å²) in [6.45, 7) is 1.90. The first-order valence-corrected chi connectivity index (χ1v) is 9.62. The van der Waals surface area contributed by atoms with Crippen molar-refractivity contribution in [3.8, 4) is 11.3 Å². The lowest BCUT2D eigenvalue weighted by molar-refractivity contribution is -0.386. The van der Waals surface area contributed by atoms with Gasteiger partial charge in [-0.2, -0.15) is 4.52 Å². The van der Waals surface area contributed by atoms with Crippen LogP contribution in [0.25, 0.3) is 29.3 Å². The zero-order valence-electron chi connectivity index (χ0n) is 16.4. The molecule has 0 aliphatic carbocycles. The predicted molar refractivity (Wildman–Crippen MR) is 114 cm³/mol. The van der Waals surface area contributed by atoms with Crippen LogP contribution in [0, 0.1) is 10.1 Å². The Hall–Kier alpha value is -4.25. The molecule has 162 valence electrons. The van der Waals surface area contributed by atoms with E-state index in [1.807, 2.05) is 0 Å². The molecule has 0 radical (unpaired) electrons. The molecule has 4 rings (SSSR count).